The van der Waals surface area contributed by atoms with Crippen molar-refractivity contribution in [3.63, 3.8) is 0 Å². The number of carbonyl (C=O) groups is 1. The normalized spacial score (nSPS) is 11.3. The molecule has 0 aliphatic heterocycles. The maximum absolute atomic E-state index is 11.7. The molecule has 1 rings (SSSR count). The molecule has 0 spiro atoms. The van der Waals surface area contributed by atoms with Crippen LogP contribution >= 0.6 is 24.2 Å². The number of nitrogens with one attached hydrogen (secondary N) is 1. The Balaban J connectivity index is 0.00000361. The van der Waals surface area contributed by atoms with Gasteiger partial charge in [-0.2, -0.15) is 11.8 Å². The first-order valence-corrected chi connectivity index (χ1v) is 7.72. The number of carbonyl (C=O) groups excluding carboxylic acids is 1. The summed E-state index contributed by atoms with van der Waals surface area (Å²) in [4.78, 5) is 11.7. The van der Waals surface area contributed by atoms with Crippen LogP contribution in [0.25, 0.3) is 0 Å². The molecule has 0 heterocycles. The van der Waals surface area contributed by atoms with Crippen LogP contribution in [0.5, 0.6) is 5.75 Å². The van der Waals surface area contributed by atoms with Crippen LogP contribution in [-0.2, 0) is 11.2 Å². The van der Waals surface area contributed by atoms with Gasteiger partial charge in [-0.15, -0.1) is 12.4 Å². The van der Waals surface area contributed by atoms with Gasteiger partial charge in [0.15, 0.2) is 0 Å². The van der Waals surface area contributed by atoms with E-state index in [1.54, 1.807) is 18.9 Å². The molecule has 1 unspecified atom stereocenters. The third-order valence-electron chi connectivity index (χ3n) is 2.84. The standard InChI is InChI=1S/C14H22N2O2S.ClH/c1-18-12-5-3-11(4-6-12)7-9-16-14(17)13(15)8-10-19-2;/h3-6,13H,7-10,15H2,1-2H3,(H,16,17);1H. The number of rotatable bonds is 8. The number of ether oxygens (including phenoxy) is 1. The van der Waals surface area contributed by atoms with Gasteiger partial charge in [0.05, 0.1) is 13.2 Å². The summed E-state index contributed by atoms with van der Waals surface area (Å²) in [6.45, 7) is 0.609. The number of hydrogen-bond donors (Lipinski definition) is 2. The lowest BCUT2D eigenvalue weighted by Gasteiger charge is -2.11. The highest BCUT2D eigenvalue weighted by Crippen LogP contribution is 2.11. The molecule has 1 atom stereocenters. The van der Waals surface area contributed by atoms with Gasteiger partial charge in [-0.25, -0.2) is 0 Å². The second-order valence-electron chi connectivity index (χ2n) is 4.28. The highest BCUT2D eigenvalue weighted by atomic mass is 35.5. The Hall–Kier alpha value is -0.910. The number of hydrogen-bond acceptors (Lipinski definition) is 4. The number of methoxy groups -OCH3 is 1. The van der Waals surface area contributed by atoms with Gasteiger partial charge in [-0.3, -0.25) is 4.79 Å². The molecule has 0 saturated carbocycles. The van der Waals surface area contributed by atoms with Crippen LogP contribution in [0.4, 0.5) is 0 Å². The number of benzene rings is 1. The summed E-state index contributed by atoms with van der Waals surface area (Å²) in [5.74, 6) is 1.68. The molecular weight excluding hydrogens is 296 g/mol. The second-order valence-corrected chi connectivity index (χ2v) is 5.26. The Bertz CT molecular complexity index is 387. The van der Waals surface area contributed by atoms with E-state index >= 15 is 0 Å². The van der Waals surface area contributed by atoms with Gasteiger partial charge in [0.1, 0.15) is 5.75 Å². The topological polar surface area (TPSA) is 64.3 Å². The Morgan fingerprint density at radius 1 is 1.40 bits per heavy atom. The predicted molar refractivity (Wildman–Crippen MR) is 87.9 cm³/mol. The minimum Gasteiger partial charge on any atom is -0.497 e. The van der Waals surface area contributed by atoms with Crippen molar-refractivity contribution in [2.24, 2.45) is 5.73 Å². The Morgan fingerprint density at radius 2 is 2.05 bits per heavy atom. The molecule has 0 aromatic heterocycles. The first-order valence-electron chi connectivity index (χ1n) is 6.32. The zero-order chi connectivity index (χ0) is 14.1. The molecule has 0 saturated heterocycles. The van der Waals surface area contributed by atoms with Crippen LogP contribution < -0.4 is 15.8 Å². The molecule has 0 aliphatic rings. The third kappa shape index (κ3) is 7.03. The van der Waals surface area contributed by atoms with Gasteiger partial charge < -0.3 is 15.8 Å². The summed E-state index contributed by atoms with van der Waals surface area (Å²) < 4.78 is 5.09. The quantitative estimate of drug-likeness (QED) is 0.768. The summed E-state index contributed by atoms with van der Waals surface area (Å²) in [6, 6.07) is 7.43. The zero-order valence-corrected chi connectivity index (χ0v) is 13.6. The van der Waals surface area contributed by atoms with E-state index in [1.807, 2.05) is 30.5 Å². The van der Waals surface area contributed by atoms with Crippen molar-refractivity contribution < 1.29 is 9.53 Å². The van der Waals surface area contributed by atoms with Gasteiger partial charge >= 0.3 is 0 Å². The second kappa shape index (κ2) is 10.8. The summed E-state index contributed by atoms with van der Waals surface area (Å²) in [6.07, 6.45) is 3.52. The monoisotopic (exact) mass is 318 g/mol. The van der Waals surface area contributed by atoms with Crippen LogP contribution in [-0.4, -0.2) is 37.6 Å². The van der Waals surface area contributed by atoms with E-state index in [1.165, 1.54) is 5.56 Å². The molecule has 114 valence electrons. The Labute approximate surface area is 131 Å². The molecule has 1 aromatic carbocycles. The lowest BCUT2D eigenvalue weighted by Crippen LogP contribution is -2.41. The van der Waals surface area contributed by atoms with Crippen molar-refractivity contribution >= 4 is 30.1 Å². The molecular formula is C14H23ClN2O2S. The number of halogens is 1. The smallest absolute Gasteiger partial charge is 0.236 e. The Morgan fingerprint density at radius 3 is 2.60 bits per heavy atom. The van der Waals surface area contributed by atoms with Crippen LogP contribution in [0, 0.1) is 0 Å². The van der Waals surface area contributed by atoms with Gasteiger partial charge in [0.25, 0.3) is 0 Å². The van der Waals surface area contributed by atoms with Crippen molar-refractivity contribution in [2.75, 3.05) is 25.7 Å². The van der Waals surface area contributed by atoms with Crippen molar-refractivity contribution in [1.82, 2.24) is 5.32 Å². The highest BCUT2D eigenvalue weighted by Gasteiger charge is 2.11. The van der Waals surface area contributed by atoms with Crippen molar-refractivity contribution in [2.45, 2.75) is 18.9 Å². The molecule has 0 aliphatic carbocycles. The largest absolute Gasteiger partial charge is 0.497 e. The first kappa shape index (κ1) is 19.1. The minimum absolute atomic E-state index is 0. The average molecular weight is 319 g/mol. The van der Waals surface area contributed by atoms with E-state index < -0.39 is 6.04 Å². The van der Waals surface area contributed by atoms with Crippen LogP contribution in [0.3, 0.4) is 0 Å². The van der Waals surface area contributed by atoms with E-state index in [0.717, 1.165) is 24.3 Å². The molecule has 0 bridgehead atoms. The molecule has 0 fully saturated rings. The van der Waals surface area contributed by atoms with Crippen molar-refractivity contribution in [3.8, 4) is 5.75 Å². The SMILES string of the molecule is COc1ccc(CCNC(=O)C(N)CCSC)cc1.Cl. The minimum atomic E-state index is -0.400. The number of thioether (sulfide) groups is 1. The fourth-order valence-electron chi connectivity index (χ4n) is 1.63. The molecule has 1 aromatic rings. The fourth-order valence-corrected chi connectivity index (χ4v) is 2.12. The van der Waals surface area contributed by atoms with E-state index in [2.05, 4.69) is 5.32 Å². The van der Waals surface area contributed by atoms with E-state index in [9.17, 15) is 4.79 Å². The zero-order valence-electron chi connectivity index (χ0n) is 11.9. The summed E-state index contributed by atoms with van der Waals surface area (Å²) in [7, 11) is 1.64. The maximum atomic E-state index is 11.7. The predicted octanol–water partition coefficient (Wildman–Crippen LogP) is 1.86. The summed E-state index contributed by atoms with van der Waals surface area (Å²) in [5, 5.41) is 2.86. The maximum Gasteiger partial charge on any atom is 0.236 e. The highest BCUT2D eigenvalue weighted by molar-refractivity contribution is 7.98. The first-order chi connectivity index (χ1) is 9.17. The molecule has 6 heteroatoms. The van der Waals surface area contributed by atoms with Gasteiger partial charge in [0, 0.05) is 6.54 Å². The fraction of sp³-hybridized carbons (Fsp3) is 0.500. The van der Waals surface area contributed by atoms with Crippen molar-refractivity contribution in [1.29, 1.82) is 0 Å². The molecule has 0 radical (unpaired) electrons. The van der Waals surface area contributed by atoms with Crippen LogP contribution in [0.15, 0.2) is 24.3 Å². The van der Waals surface area contributed by atoms with Gasteiger partial charge in [-0.05, 0) is 42.5 Å². The van der Waals surface area contributed by atoms with E-state index in [4.69, 9.17) is 10.5 Å². The van der Waals surface area contributed by atoms with Gasteiger partial charge in [0.2, 0.25) is 5.91 Å². The van der Waals surface area contributed by atoms with E-state index in [0.29, 0.717) is 6.54 Å². The van der Waals surface area contributed by atoms with Crippen LogP contribution in [0.2, 0.25) is 0 Å². The Kier molecular flexibility index (Phi) is 10.3. The summed E-state index contributed by atoms with van der Waals surface area (Å²) in [5.41, 5.74) is 6.94. The van der Waals surface area contributed by atoms with E-state index in [-0.39, 0.29) is 18.3 Å². The van der Waals surface area contributed by atoms with Crippen LogP contribution in [0.1, 0.15) is 12.0 Å². The van der Waals surface area contributed by atoms with Crippen molar-refractivity contribution in [3.05, 3.63) is 29.8 Å². The lowest BCUT2D eigenvalue weighted by atomic mass is 10.1. The molecule has 3 N–H and O–H groups in total. The van der Waals surface area contributed by atoms with Gasteiger partial charge in [-0.1, -0.05) is 12.1 Å². The number of nitrogens with two attached hydrogens (primary N) is 1. The lowest BCUT2D eigenvalue weighted by molar-refractivity contribution is -0.122. The average Bonchev–Trinajstić information content (AvgIpc) is 2.45. The molecule has 4 nitrogen and oxygen atoms in total. The molecule has 1 amide bonds. The third-order valence-corrected chi connectivity index (χ3v) is 3.49. The summed E-state index contributed by atoms with van der Waals surface area (Å²) >= 11 is 1.70. The number of amides is 1. The molecule has 20 heavy (non-hydrogen) atoms.